The molecule has 5 aromatic rings. The fourth-order valence-corrected chi connectivity index (χ4v) is 10.4. The minimum atomic E-state index is -4.10. The number of methoxy groups -OCH3 is 1. The predicted octanol–water partition coefficient (Wildman–Crippen LogP) is 9.13. The number of halogens is 5. The van der Waals surface area contributed by atoms with Gasteiger partial charge in [-0.05, 0) is 75.1 Å². The number of carbonyl (C=O) groups excluding carboxylic acids is 5. The number of carboxylic acid groups (broad SMARTS) is 1. The van der Waals surface area contributed by atoms with Gasteiger partial charge in [-0.1, -0.05) is 110 Å². The Labute approximate surface area is 544 Å². The van der Waals surface area contributed by atoms with Crippen molar-refractivity contribution in [3.63, 3.8) is 0 Å². The molecule has 1 aliphatic heterocycles. The second-order valence-corrected chi connectivity index (χ2v) is 26.6. The summed E-state index contributed by atoms with van der Waals surface area (Å²) in [4.78, 5) is 111. The second-order valence-electron chi connectivity index (χ2n) is 20.8. The maximum atomic E-state index is 12.4. The smallest absolute Gasteiger partial charge is 0.442 e. The van der Waals surface area contributed by atoms with E-state index < -0.39 is 91.7 Å². The molecular weight excluding hydrogens is 1320 g/mol. The number of aliphatic carboxylic acids is 1. The Hall–Kier alpha value is -6.73. The molecule has 32 heteroatoms. The number of hydrogen-bond donors (Lipinski definition) is 4. The van der Waals surface area contributed by atoms with E-state index in [4.69, 9.17) is 97.9 Å². The summed E-state index contributed by atoms with van der Waals surface area (Å²) in [5, 5.41) is 25.9. The number of nitro groups is 1. The highest BCUT2D eigenvalue weighted by atomic mass is 35.5. The highest BCUT2D eigenvalue weighted by Crippen LogP contribution is 2.37. The number of alkyl halides is 3. The summed E-state index contributed by atoms with van der Waals surface area (Å²) in [6, 6.07) is 19.1. The number of Topliss-reactive ketones (excluding diaryl/α,β-unsaturated/α-hetero) is 3. The Balaban J connectivity index is 0.000000300. The van der Waals surface area contributed by atoms with Crippen LogP contribution in [0.2, 0.25) is 10.0 Å². The van der Waals surface area contributed by atoms with Crippen LogP contribution in [0.15, 0.2) is 86.9 Å². The second kappa shape index (κ2) is 35.2. The zero-order valence-electron chi connectivity index (χ0n) is 50.2. The summed E-state index contributed by atoms with van der Waals surface area (Å²) in [6.07, 6.45) is 6.80. The lowest BCUT2D eigenvalue weighted by atomic mass is 9.81. The largest absolute Gasteiger partial charge is 0.489 e. The first-order valence-electron chi connectivity index (χ1n) is 27.0. The van der Waals surface area contributed by atoms with Crippen molar-refractivity contribution in [3.05, 3.63) is 126 Å². The van der Waals surface area contributed by atoms with Gasteiger partial charge in [0.25, 0.3) is 11.6 Å². The van der Waals surface area contributed by atoms with Gasteiger partial charge in [-0.25, -0.2) is 13.2 Å². The van der Waals surface area contributed by atoms with Crippen molar-refractivity contribution in [3.8, 4) is 29.5 Å². The first kappa shape index (κ1) is 77.5. The molecule has 1 saturated carbocycles. The minimum absolute atomic E-state index is 0.0223. The average molecular weight is 1390 g/mol. The molecule has 0 bridgehead atoms. The first-order valence-corrected chi connectivity index (χ1v) is 32.8. The molecule has 2 unspecified atom stereocenters. The van der Waals surface area contributed by atoms with Gasteiger partial charge in [0.1, 0.15) is 36.5 Å². The van der Waals surface area contributed by atoms with E-state index in [0.717, 1.165) is 58.1 Å². The molecular formula is C58H68Cl5N6O19PS. The van der Waals surface area contributed by atoms with Crippen molar-refractivity contribution in [2.75, 3.05) is 61.7 Å². The number of carbonyl (C=O) groups is 6. The number of nitro benzene ring substituents is 1. The van der Waals surface area contributed by atoms with Gasteiger partial charge in [0.2, 0.25) is 11.8 Å². The van der Waals surface area contributed by atoms with E-state index in [1.54, 1.807) is 16.9 Å². The van der Waals surface area contributed by atoms with Crippen LogP contribution in [-0.4, -0.2) is 142 Å². The molecule has 2 amide bonds. The lowest BCUT2D eigenvalue weighted by Crippen LogP contribution is -2.47. The van der Waals surface area contributed by atoms with Crippen molar-refractivity contribution >= 4 is 128 Å². The predicted molar refractivity (Wildman–Crippen MR) is 340 cm³/mol. The molecule has 2 atom stereocenters. The lowest BCUT2D eigenvalue weighted by Gasteiger charge is -2.35. The number of para-hydroxylation sites is 3. The van der Waals surface area contributed by atoms with Crippen molar-refractivity contribution in [2.24, 2.45) is 5.92 Å². The summed E-state index contributed by atoms with van der Waals surface area (Å²) in [5.74, 6) is -2.19. The van der Waals surface area contributed by atoms with Crippen molar-refractivity contribution in [2.45, 2.75) is 101 Å². The Morgan fingerprint density at radius 3 is 2.16 bits per heavy atom. The third-order valence-corrected chi connectivity index (χ3v) is 15.5. The Morgan fingerprint density at radius 1 is 1.00 bits per heavy atom. The van der Waals surface area contributed by atoms with Gasteiger partial charge in [-0.15, -0.1) is 23.1 Å². The molecule has 1 aromatic heterocycles. The van der Waals surface area contributed by atoms with Crippen LogP contribution >= 0.6 is 65.6 Å². The zero-order valence-corrected chi connectivity index (χ0v) is 55.7. The summed E-state index contributed by atoms with van der Waals surface area (Å²) in [7, 11) is -6.16. The molecule has 1 fully saturated rings. The molecule has 2 heterocycles. The van der Waals surface area contributed by atoms with Crippen molar-refractivity contribution < 1.29 is 80.2 Å². The van der Waals surface area contributed by atoms with E-state index in [9.17, 15) is 56.7 Å². The molecule has 1 aliphatic carbocycles. The number of rotatable bonds is 18. The minimum Gasteiger partial charge on any atom is -0.489 e. The number of terminal acetylenes is 1. The normalized spacial score (nSPS) is 14.2. The topological polar surface area (TPSA) is 352 Å². The van der Waals surface area contributed by atoms with Crippen LogP contribution in [0.4, 0.5) is 17.1 Å². The van der Waals surface area contributed by atoms with Gasteiger partial charge in [0.05, 0.1) is 74.0 Å². The van der Waals surface area contributed by atoms with E-state index in [-0.39, 0.29) is 64.2 Å². The summed E-state index contributed by atoms with van der Waals surface area (Å²) in [5.41, 5.74) is 2.66. The molecule has 0 saturated heterocycles. The molecule has 4 aromatic carbocycles. The van der Waals surface area contributed by atoms with E-state index in [2.05, 4.69) is 29.3 Å². The van der Waals surface area contributed by atoms with E-state index >= 15 is 0 Å². The van der Waals surface area contributed by atoms with E-state index in [1.807, 2.05) is 77.9 Å². The van der Waals surface area contributed by atoms with Crippen molar-refractivity contribution in [1.29, 1.82) is 0 Å². The number of aryl methyl sites for hydroxylation is 2. The fourth-order valence-electron chi connectivity index (χ4n) is 8.47. The Kier molecular flexibility index (Phi) is 30.3. The third-order valence-electron chi connectivity index (χ3n) is 12.6. The van der Waals surface area contributed by atoms with E-state index in [0.29, 0.717) is 42.7 Å². The number of aromatic nitrogens is 2. The lowest BCUT2D eigenvalue weighted by molar-refractivity contribution is -0.385. The van der Waals surface area contributed by atoms with Gasteiger partial charge in [-0.2, -0.15) is 4.68 Å². The Morgan fingerprint density at radius 2 is 1.63 bits per heavy atom. The number of hydrogen-bond acceptors (Lipinski definition) is 18. The standard InChI is InChI=1S/C15H14Cl2N2O3.C15H22ClNO2.C14H13NO7S.C11H11Cl2NO2.C3H8NO5P/c1-5-6-21-12-8-11(9(16)7-10(12)17)19-14(20)22-13(18-19)15(2,3)4;1-5-13-8-6-7-11(2)15(13)17(14(18)9-16)12(3)10-19-4;1-23(21,22)8-5-6-9(10(7-8)15(19)20)14(18)13-11(16)3-2-4-12(13)17;1-7-6-16-9-5-3-2-4-8(9)14(7)11(15)10(12)13;5-3(6)1-4-2-10(7,8)9/h1,7-8H,6H2,2-4H3;6-8,12H,5,9-10H2,1-4H3;5-7,13H,2-4H2,1H3;2-5,7,10H,6H2,1H3;4H,1-2H2,(H,5,6)(H2,7,8,9). The van der Waals surface area contributed by atoms with Crippen LogP contribution in [0.5, 0.6) is 11.5 Å². The van der Waals surface area contributed by atoms with Crippen LogP contribution in [0.1, 0.15) is 88.2 Å². The van der Waals surface area contributed by atoms with Gasteiger partial charge in [0, 0.05) is 43.8 Å². The molecule has 0 spiro atoms. The van der Waals surface area contributed by atoms with E-state index in [1.165, 1.54) is 12.1 Å². The summed E-state index contributed by atoms with van der Waals surface area (Å²) < 4.78 is 55.3. The number of anilines is 2. The van der Waals surface area contributed by atoms with Crippen LogP contribution < -0.4 is 30.3 Å². The van der Waals surface area contributed by atoms with Gasteiger partial charge in [0.15, 0.2) is 32.0 Å². The number of amides is 2. The first-order chi connectivity index (χ1) is 41.9. The van der Waals surface area contributed by atoms with Crippen LogP contribution in [0, 0.1) is 35.3 Å². The maximum Gasteiger partial charge on any atom is 0.442 e. The molecule has 0 radical (unpaired) electrons. The maximum absolute atomic E-state index is 12.4. The number of nitrogens with one attached hydrogen (secondary N) is 1. The number of nitrogens with zero attached hydrogens (tertiary/aromatic N) is 5. The summed E-state index contributed by atoms with van der Waals surface area (Å²) in [6.45, 7) is 14.2. The fraction of sp³-hybridized carbons (Fsp3) is 0.414. The highest BCUT2D eigenvalue weighted by molar-refractivity contribution is 7.90. The van der Waals surface area contributed by atoms with Crippen molar-refractivity contribution in [1.82, 2.24) is 15.1 Å². The monoisotopic (exact) mass is 1390 g/mol. The van der Waals surface area contributed by atoms with Gasteiger partial charge < -0.3 is 43.3 Å². The van der Waals surface area contributed by atoms with Crippen LogP contribution in [0.25, 0.3) is 5.69 Å². The number of fused-ring (bicyclic) bond motifs is 1. The quantitative estimate of drug-likeness (QED) is 0.0121. The van der Waals surface area contributed by atoms with Crippen LogP contribution in [0.3, 0.4) is 0 Å². The van der Waals surface area contributed by atoms with Crippen LogP contribution in [-0.2, 0) is 54.9 Å². The highest BCUT2D eigenvalue weighted by Gasteiger charge is 2.39. The molecule has 25 nitrogen and oxygen atoms in total. The molecule has 7 rings (SSSR count). The molecule has 4 N–H and O–H groups in total. The zero-order chi connectivity index (χ0) is 68.2. The summed E-state index contributed by atoms with van der Waals surface area (Å²) >= 11 is 29.2. The number of ketones is 3. The SMILES string of the molecule is C#CCOc1cc(-n2nc(C(C)(C)C)oc2=O)c(Cl)cc1Cl.CC1COc2ccccc2N1C(=O)C(Cl)Cl.CCc1cccc(C)c1N(C(=O)CCl)C(C)COC.CS(=O)(=O)c1ccc(C(=O)C2C(=O)CCCC2=O)c([N+](=O)[O-])c1.O=C(O)CNCP(=O)(O)O. The third kappa shape index (κ3) is 22.6. The molecule has 490 valence electrons. The molecule has 90 heavy (non-hydrogen) atoms. The molecule has 2 aliphatic rings. The number of sulfone groups is 1. The van der Waals surface area contributed by atoms with Gasteiger partial charge in [-0.3, -0.25) is 48.8 Å². The number of ether oxygens (including phenoxy) is 3. The Bertz CT molecular complexity index is 3660. The number of carboxylic acids is 1. The average Bonchev–Trinajstić information content (AvgIpc) is 1.20. The van der Waals surface area contributed by atoms with Gasteiger partial charge >= 0.3 is 19.3 Å². The number of benzene rings is 4.